The molecule has 6 heteroatoms. The van der Waals surface area contributed by atoms with Gasteiger partial charge in [-0.3, -0.25) is 15.6 Å². The molecule has 0 bridgehead atoms. The molecule has 0 saturated carbocycles. The van der Waals surface area contributed by atoms with E-state index >= 15 is 0 Å². The van der Waals surface area contributed by atoms with E-state index in [1.807, 2.05) is 61.5 Å². The Bertz CT molecular complexity index is 883. The van der Waals surface area contributed by atoms with Gasteiger partial charge in [0.1, 0.15) is 5.82 Å². The normalized spacial score (nSPS) is 10.6. The molecule has 3 aromatic rings. The number of carbonyl (C=O) groups excluding carboxylic acids is 1. The van der Waals surface area contributed by atoms with Crippen LogP contribution in [0.5, 0.6) is 0 Å². The van der Waals surface area contributed by atoms with Crippen molar-refractivity contribution >= 4 is 46.0 Å². The molecule has 0 aliphatic carbocycles. The van der Waals surface area contributed by atoms with Crippen LogP contribution < -0.4 is 10.9 Å². The molecule has 0 saturated heterocycles. The molecule has 1 aromatic heterocycles. The lowest BCUT2D eigenvalue weighted by Crippen LogP contribution is -2.30. The largest absolute Gasteiger partial charge is 0.282 e. The summed E-state index contributed by atoms with van der Waals surface area (Å²) < 4.78 is 0. The number of para-hydroxylation sites is 1. The Balaban J connectivity index is 1.49. The number of pyridine rings is 1. The Morgan fingerprint density at radius 2 is 1.92 bits per heavy atom. The second-order valence-electron chi connectivity index (χ2n) is 5.57. The molecule has 0 aliphatic heterocycles. The molecular formula is C19H18ClN3OS. The summed E-state index contributed by atoms with van der Waals surface area (Å²) in [5, 5.41) is 1.82. The number of anilines is 1. The van der Waals surface area contributed by atoms with Crippen LogP contribution in [0, 0.1) is 6.92 Å². The SMILES string of the molecule is Cc1cc(NNC(=O)CCSc2ccc(Cl)cc2)nc2ccccc12. The van der Waals surface area contributed by atoms with E-state index in [0.29, 0.717) is 23.0 Å². The molecule has 4 nitrogen and oxygen atoms in total. The second kappa shape index (κ2) is 8.23. The van der Waals surface area contributed by atoms with Crippen molar-refractivity contribution in [3.8, 4) is 0 Å². The fraction of sp³-hybridized carbons (Fsp3) is 0.158. The first-order chi connectivity index (χ1) is 12.1. The van der Waals surface area contributed by atoms with E-state index in [0.717, 1.165) is 21.4 Å². The summed E-state index contributed by atoms with van der Waals surface area (Å²) in [5.74, 6) is 1.25. The van der Waals surface area contributed by atoms with Gasteiger partial charge in [0.2, 0.25) is 5.91 Å². The summed E-state index contributed by atoms with van der Waals surface area (Å²) >= 11 is 7.48. The minimum absolute atomic E-state index is 0.0749. The van der Waals surface area contributed by atoms with E-state index in [1.165, 1.54) is 0 Å². The van der Waals surface area contributed by atoms with E-state index in [-0.39, 0.29) is 5.91 Å². The predicted molar refractivity (Wildman–Crippen MR) is 105 cm³/mol. The first kappa shape index (κ1) is 17.6. The number of amides is 1. The Morgan fingerprint density at radius 3 is 2.72 bits per heavy atom. The smallest absolute Gasteiger partial charge is 0.239 e. The summed E-state index contributed by atoms with van der Waals surface area (Å²) in [6.45, 7) is 2.03. The van der Waals surface area contributed by atoms with Crippen molar-refractivity contribution in [2.45, 2.75) is 18.2 Å². The number of fused-ring (bicyclic) bond motifs is 1. The molecule has 3 rings (SSSR count). The van der Waals surface area contributed by atoms with Gasteiger partial charge in [0.25, 0.3) is 0 Å². The van der Waals surface area contributed by atoms with E-state index in [4.69, 9.17) is 11.6 Å². The van der Waals surface area contributed by atoms with Crippen molar-refractivity contribution in [3.05, 3.63) is 65.2 Å². The number of benzene rings is 2. The predicted octanol–water partition coefficient (Wildman–Crippen LogP) is 4.82. The van der Waals surface area contributed by atoms with Crippen molar-refractivity contribution < 1.29 is 4.79 Å². The Kier molecular flexibility index (Phi) is 5.79. The summed E-state index contributed by atoms with van der Waals surface area (Å²) in [4.78, 5) is 17.6. The fourth-order valence-electron chi connectivity index (χ4n) is 2.40. The van der Waals surface area contributed by atoms with Crippen molar-refractivity contribution in [1.29, 1.82) is 0 Å². The fourth-order valence-corrected chi connectivity index (χ4v) is 3.38. The van der Waals surface area contributed by atoms with Gasteiger partial charge in [-0.05, 0) is 48.9 Å². The van der Waals surface area contributed by atoms with Crippen LogP contribution in [-0.2, 0) is 4.79 Å². The molecule has 0 radical (unpaired) electrons. The molecule has 1 amide bonds. The van der Waals surface area contributed by atoms with Crippen LogP contribution in [0.4, 0.5) is 5.82 Å². The van der Waals surface area contributed by atoms with Crippen LogP contribution in [0.1, 0.15) is 12.0 Å². The second-order valence-corrected chi connectivity index (χ2v) is 7.17. The number of nitrogens with one attached hydrogen (secondary N) is 2. The van der Waals surface area contributed by atoms with Gasteiger partial charge in [-0.15, -0.1) is 11.8 Å². The molecule has 0 unspecified atom stereocenters. The van der Waals surface area contributed by atoms with Gasteiger partial charge in [0.15, 0.2) is 0 Å². The highest BCUT2D eigenvalue weighted by Crippen LogP contribution is 2.21. The Morgan fingerprint density at radius 1 is 1.16 bits per heavy atom. The number of hydrazine groups is 1. The highest BCUT2D eigenvalue weighted by Gasteiger charge is 2.05. The van der Waals surface area contributed by atoms with Crippen LogP contribution in [-0.4, -0.2) is 16.6 Å². The molecule has 128 valence electrons. The molecule has 0 spiro atoms. The lowest BCUT2D eigenvalue weighted by atomic mass is 10.1. The third kappa shape index (κ3) is 4.87. The Labute approximate surface area is 156 Å². The summed E-state index contributed by atoms with van der Waals surface area (Å²) in [7, 11) is 0. The van der Waals surface area contributed by atoms with Crippen LogP contribution in [0.25, 0.3) is 10.9 Å². The molecule has 0 atom stereocenters. The highest BCUT2D eigenvalue weighted by atomic mass is 35.5. The quantitative estimate of drug-likeness (QED) is 0.481. The maximum Gasteiger partial charge on any atom is 0.239 e. The monoisotopic (exact) mass is 371 g/mol. The number of nitrogens with zero attached hydrogens (tertiary/aromatic N) is 1. The number of halogens is 1. The van der Waals surface area contributed by atoms with Gasteiger partial charge in [-0.25, -0.2) is 4.98 Å². The van der Waals surface area contributed by atoms with Gasteiger partial charge in [-0.2, -0.15) is 0 Å². The average molecular weight is 372 g/mol. The third-order valence-electron chi connectivity index (χ3n) is 3.66. The average Bonchev–Trinajstić information content (AvgIpc) is 2.62. The summed E-state index contributed by atoms with van der Waals surface area (Å²) in [6.07, 6.45) is 0.410. The van der Waals surface area contributed by atoms with Gasteiger partial charge < -0.3 is 0 Å². The number of carbonyl (C=O) groups is 1. The maximum atomic E-state index is 12.0. The van der Waals surface area contributed by atoms with Crippen LogP contribution in [0.2, 0.25) is 5.02 Å². The number of rotatable bonds is 6. The van der Waals surface area contributed by atoms with Crippen LogP contribution >= 0.6 is 23.4 Å². The molecular weight excluding hydrogens is 354 g/mol. The minimum Gasteiger partial charge on any atom is -0.282 e. The van der Waals surface area contributed by atoms with Gasteiger partial charge in [0, 0.05) is 27.5 Å². The molecule has 0 aliphatic rings. The van der Waals surface area contributed by atoms with Crippen molar-refractivity contribution in [3.63, 3.8) is 0 Å². The van der Waals surface area contributed by atoms with E-state index < -0.39 is 0 Å². The van der Waals surface area contributed by atoms with Crippen molar-refractivity contribution in [2.24, 2.45) is 0 Å². The number of hydrogen-bond donors (Lipinski definition) is 2. The first-order valence-electron chi connectivity index (χ1n) is 7.91. The number of thioether (sulfide) groups is 1. The summed E-state index contributed by atoms with van der Waals surface area (Å²) in [6, 6.07) is 17.4. The zero-order valence-corrected chi connectivity index (χ0v) is 15.3. The highest BCUT2D eigenvalue weighted by molar-refractivity contribution is 7.99. The van der Waals surface area contributed by atoms with Crippen LogP contribution in [0.15, 0.2) is 59.5 Å². The lowest BCUT2D eigenvalue weighted by Gasteiger charge is -2.10. The maximum absolute atomic E-state index is 12.0. The first-order valence-corrected chi connectivity index (χ1v) is 9.28. The molecule has 25 heavy (non-hydrogen) atoms. The zero-order valence-electron chi connectivity index (χ0n) is 13.8. The minimum atomic E-state index is -0.0749. The van der Waals surface area contributed by atoms with Gasteiger partial charge in [0.05, 0.1) is 5.52 Å². The Hall–Kier alpha value is -2.24. The molecule has 0 fully saturated rings. The number of aromatic nitrogens is 1. The van der Waals surface area contributed by atoms with Crippen molar-refractivity contribution in [2.75, 3.05) is 11.2 Å². The van der Waals surface area contributed by atoms with Crippen LogP contribution in [0.3, 0.4) is 0 Å². The van der Waals surface area contributed by atoms with Gasteiger partial charge >= 0.3 is 0 Å². The van der Waals surface area contributed by atoms with E-state index in [2.05, 4.69) is 15.8 Å². The standard InChI is InChI=1S/C19H18ClN3OS/c1-13-12-18(21-17-5-3-2-4-16(13)17)22-23-19(24)10-11-25-15-8-6-14(20)7-9-15/h2-9,12H,10-11H2,1H3,(H,21,22)(H,23,24). The van der Waals surface area contributed by atoms with E-state index in [9.17, 15) is 4.79 Å². The van der Waals surface area contributed by atoms with Gasteiger partial charge in [-0.1, -0.05) is 29.8 Å². The lowest BCUT2D eigenvalue weighted by molar-refractivity contribution is -0.120. The van der Waals surface area contributed by atoms with Crippen molar-refractivity contribution in [1.82, 2.24) is 10.4 Å². The topological polar surface area (TPSA) is 54.0 Å². The molecule has 1 heterocycles. The number of hydrogen-bond acceptors (Lipinski definition) is 4. The molecule has 2 N–H and O–H groups in total. The summed E-state index contributed by atoms with van der Waals surface area (Å²) in [5.41, 5.74) is 7.61. The van der Waals surface area contributed by atoms with E-state index in [1.54, 1.807) is 11.8 Å². The number of aryl methyl sites for hydroxylation is 1. The molecule has 2 aromatic carbocycles. The zero-order chi connectivity index (χ0) is 17.6. The third-order valence-corrected chi connectivity index (χ3v) is 4.93.